The Morgan fingerprint density at radius 3 is 2.50 bits per heavy atom. The molecular formula is C19H30N2O4S. The highest BCUT2D eigenvalue weighted by atomic mass is 32.2. The van der Waals surface area contributed by atoms with E-state index < -0.39 is 10.0 Å². The van der Waals surface area contributed by atoms with E-state index in [2.05, 4.69) is 18.6 Å². The Hall–Kier alpha value is -1.60. The van der Waals surface area contributed by atoms with Gasteiger partial charge in [-0.05, 0) is 43.4 Å². The first-order valence-electron chi connectivity index (χ1n) is 9.23. The lowest BCUT2D eigenvalue weighted by Gasteiger charge is -2.40. The second kappa shape index (κ2) is 8.86. The number of nitrogens with zero attached hydrogens (tertiary/aromatic N) is 1. The number of hydrogen-bond acceptors (Lipinski definition) is 4. The van der Waals surface area contributed by atoms with Gasteiger partial charge >= 0.3 is 0 Å². The number of benzene rings is 1. The quantitative estimate of drug-likeness (QED) is 0.786. The van der Waals surface area contributed by atoms with Crippen molar-refractivity contribution in [2.75, 3.05) is 18.9 Å². The molecular weight excluding hydrogens is 352 g/mol. The van der Waals surface area contributed by atoms with Crippen LogP contribution >= 0.6 is 0 Å². The Kier molecular flexibility index (Phi) is 7.06. The summed E-state index contributed by atoms with van der Waals surface area (Å²) in [7, 11) is -3.34. The summed E-state index contributed by atoms with van der Waals surface area (Å²) in [6.07, 6.45) is 1.47. The van der Waals surface area contributed by atoms with E-state index in [0.29, 0.717) is 18.9 Å². The van der Waals surface area contributed by atoms with Crippen molar-refractivity contribution in [2.24, 2.45) is 0 Å². The maximum absolute atomic E-state index is 12.0. The molecule has 146 valence electrons. The van der Waals surface area contributed by atoms with Crippen molar-refractivity contribution in [1.29, 1.82) is 0 Å². The van der Waals surface area contributed by atoms with E-state index in [1.54, 1.807) is 11.8 Å². The topological polar surface area (TPSA) is 75.7 Å². The minimum absolute atomic E-state index is 0.0216. The van der Waals surface area contributed by atoms with Crippen molar-refractivity contribution in [3.63, 3.8) is 0 Å². The molecule has 0 saturated carbocycles. The molecule has 2 atom stereocenters. The largest absolute Gasteiger partial charge is 0.491 e. The molecule has 2 rings (SSSR count). The van der Waals surface area contributed by atoms with Crippen LogP contribution in [0, 0.1) is 0 Å². The number of sulfonamides is 1. The number of rotatable bonds is 7. The van der Waals surface area contributed by atoms with Crippen LogP contribution in [0.1, 0.15) is 52.0 Å². The molecule has 1 aliphatic rings. The zero-order valence-electron chi connectivity index (χ0n) is 16.1. The number of piperidine rings is 1. The summed E-state index contributed by atoms with van der Waals surface area (Å²) in [5.41, 5.74) is 1.23. The number of nitrogens with one attached hydrogen (secondary N) is 1. The lowest BCUT2D eigenvalue weighted by Crippen LogP contribution is -2.59. The minimum atomic E-state index is -3.34. The monoisotopic (exact) mass is 382 g/mol. The summed E-state index contributed by atoms with van der Waals surface area (Å²) in [6, 6.07) is 7.25. The first kappa shape index (κ1) is 20.7. The molecule has 0 radical (unpaired) electrons. The van der Waals surface area contributed by atoms with Crippen molar-refractivity contribution in [3.05, 3.63) is 29.8 Å². The molecule has 0 bridgehead atoms. The molecule has 26 heavy (non-hydrogen) atoms. The van der Waals surface area contributed by atoms with Crippen molar-refractivity contribution in [3.8, 4) is 5.75 Å². The van der Waals surface area contributed by atoms with Gasteiger partial charge in [-0.15, -0.1) is 0 Å². The molecule has 1 aromatic carbocycles. The second-order valence-electron chi connectivity index (χ2n) is 7.08. The van der Waals surface area contributed by atoms with Gasteiger partial charge in [0.15, 0.2) is 0 Å². The Labute approximate surface area is 157 Å². The predicted octanol–water partition coefficient (Wildman–Crippen LogP) is 2.51. The van der Waals surface area contributed by atoms with E-state index in [4.69, 9.17) is 4.74 Å². The molecule has 1 fully saturated rings. The Balaban J connectivity index is 2.12. The number of hydrogen-bond donors (Lipinski definition) is 1. The fourth-order valence-corrected chi connectivity index (χ4v) is 4.14. The summed E-state index contributed by atoms with van der Waals surface area (Å²) in [5.74, 6) is 1.13. The van der Waals surface area contributed by atoms with Gasteiger partial charge in [0.1, 0.15) is 12.4 Å². The zero-order valence-corrected chi connectivity index (χ0v) is 16.9. The number of carbonyl (C=O) groups is 1. The van der Waals surface area contributed by atoms with Crippen LogP contribution in [0.25, 0.3) is 0 Å². The third-order valence-electron chi connectivity index (χ3n) is 4.86. The normalized spacial score (nSPS) is 21.0. The van der Waals surface area contributed by atoms with Crippen LogP contribution in [0.3, 0.4) is 0 Å². The lowest BCUT2D eigenvalue weighted by atomic mass is 9.97. The fraction of sp³-hybridized carbons (Fsp3) is 0.632. The van der Waals surface area contributed by atoms with Crippen molar-refractivity contribution < 1.29 is 17.9 Å². The molecule has 0 aromatic heterocycles. The molecule has 1 saturated heterocycles. The maximum atomic E-state index is 12.0. The van der Waals surface area contributed by atoms with Gasteiger partial charge in [-0.2, -0.15) is 0 Å². The predicted molar refractivity (Wildman–Crippen MR) is 103 cm³/mol. The molecule has 2 unspecified atom stereocenters. The summed E-state index contributed by atoms with van der Waals surface area (Å²) in [4.78, 5) is 13.7. The summed E-state index contributed by atoms with van der Waals surface area (Å²) in [6.45, 7) is 8.27. The Bertz CT molecular complexity index is 701. The number of carbonyl (C=O) groups excluding carboxylic acids is 1. The van der Waals surface area contributed by atoms with E-state index in [0.717, 1.165) is 12.2 Å². The average molecular weight is 383 g/mol. The van der Waals surface area contributed by atoms with Gasteiger partial charge in [-0.3, -0.25) is 4.79 Å². The van der Waals surface area contributed by atoms with Gasteiger partial charge in [0.2, 0.25) is 15.9 Å². The summed E-state index contributed by atoms with van der Waals surface area (Å²) < 4.78 is 32.7. The third kappa shape index (κ3) is 5.45. The molecule has 1 heterocycles. The Morgan fingerprint density at radius 1 is 1.31 bits per heavy atom. The number of ether oxygens (including phenoxy) is 1. The molecule has 0 spiro atoms. The first-order valence-corrected chi connectivity index (χ1v) is 10.9. The lowest BCUT2D eigenvalue weighted by molar-refractivity contribution is -0.134. The van der Waals surface area contributed by atoms with Gasteiger partial charge in [0, 0.05) is 19.5 Å². The van der Waals surface area contributed by atoms with Crippen LogP contribution in [-0.2, 0) is 14.8 Å². The molecule has 1 N–H and O–H groups in total. The van der Waals surface area contributed by atoms with E-state index in [1.807, 2.05) is 24.3 Å². The summed E-state index contributed by atoms with van der Waals surface area (Å²) in [5, 5.41) is 0. The van der Waals surface area contributed by atoms with Crippen molar-refractivity contribution >= 4 is 15.9 Å². The zero-order chi connectivity index (χ0) is 19.3. The molecule has 1 aromatic rings. The Morgan fingerprint density at radius 2 is 1.96 bits per heavy atom. The molecule has 1 amide bonds. The van der Waals surface area contributed by atoms with Gasteiger partial charge in [-0.1, -0.05) is 26.0 Å². The SMILES string of the molecule is CCS(=O)(=O)NC1CCCN(C(C)=O)C1COc1ccc(C(C)C)cc1. The van der Waals surface area contributed by atoms with Gasteiger partial charge in [0.05, 0.1) is 11.8 Å². The van der Waals surface area contributed by atoms with Crippen LogP contribution < -0.4 is 9.46 Å². The highest BCUT2D eigenvalue weighted by Crippen LogP contribution is 2.22. The molecule has 0 aliphatic carbocycles. The van der Waals surface area contributed by atoms with Crippen LogP contribution in [0.4, 0.5) is 0 Å². The maximum Gasteiger partial charge on any atom is 0.219 e. The smallest absolute Gasteiger partial charge is 0.219 e. The van der Waals surface area contributed by atoms with Gasteiger partial charge in [-0.25, -0.2) is 13.1 Å². The standard InChI is InChI=1S/C19H30N2O4S/c1-5-26(23,24)20-18-7-6-12-21(15(4)22)19(18)13-25-17-10-8-16(9-11-17)14(2)3/h8-11,14,18-20H,5-7,12-13H2,1-4H3. The fourth-order valence-electron chi connectivity index (χ4n) is 3.24. The second-order valence-corrected chi connectivity index (χ2v) is 9.13. The van der Waals surface area contributed by atoms with E-state index in [1.165, 1.54) is 12.5 Å². The third-order valence-corrected chi connectivity index (χ3v) is 6.28. The van der Waals surface area contributed by atoms with Crippen LogP contribution in [0.2, 0.25) is 0 Å². The van der Waals surface area contributed by atoms with Gasteiger partial charge in [0.25, 0.3) is 0 Å². The number of likely N-dealkylation sites (tertiary alicyclic amines) is 1. The molecule has 1 aliphatic heterocycles. The van der Waals surface area contributed by atoms with Crippen molar-refractivity contribution in [2.45, 2.75) is 58.5 Å². The van der Waals surface area contributed by atoms with E-state index >= 15 is 0 Å². The number of amides is 1. The first-order chi connectivity index (χ1) is 12.2. The van der Waals surface area contributed by atoms with Crippen LogP contribution in [0.15, 0.2) is 24.3 Å². The highest BCUT2D eigenvalue weighted by Gasteiger charge is 2.35. The minimum Gasteiger partial charge on any atom is -0.491 e. The van der Waals surface area contributed by atoms with Crippen molar-refractivity contribution in [1.82, 2.24) is 9.62 Å². The van der Waals surface area contributed by atoms with E-state index in [9.17, 15) is 13.2 Å². The summed E-state index contributed by atoms with van der Waals surface area (Å²) >= 11 is 0. The highest BCUT2D eigenvalue weighted by molar-refractivity contribution is 7.89. The van der Waals surface area contributed by atoms with Crippen LogP contribution in [-0.4, -0.2) is 50.2 Å². The van der Waals surface area contributed by atoms with E-state index in [-0.39, 0.29) is 30.4 Å². The van der Waals surface area contributed by atoms with Gasteiger partial charge < -0.3 is 9.64 Å². The average Bonchev–Trinajstić information content (AvgIpc) is 2.60. The van der Waals surface area contributed by atoms with Crippen LogP contribution in [0.5, 0.6) is 5.75 Å². The molecule has 6 nitrogen and oxygen atoms in total. The molecule has 7 heteroatoms.